The van der Waals surface area contributed by atoms with Crippen LogP contribution in [0.15, 0.2) is 4.99 Å². The van der Waals surface area contributed by atoms with Gasteiger partial charge in [-0.15, -0.1) is 0 Å². The van der Waals surface area contributed by atoms with Crippen LogP contribution in [0.5, 0.6) is 0 Å². The van der Waals surface area contributed by atoms with Crippen LogP contribution in [0.2, 0.25) is 0 Å². The van der Waals surface area contributed by atoms with Gasteiger partial charge in [-0.25, -0.2) is 19.6 Å². The van der Waals surface area contributed by atoms with E-state index in [9.17, 15) is 17.6 Å². The van der Waals surface area contributed by atoms with Gasteiger partial charge >= 0.3 is 12.3 Å². The van der Waals surface area contributed by atoms with E-state index in [1.54, 1.807) is 0 Å². The molecule has 1 aliphatic carbocycles. The second-order valence-corrected chi connectivity index (χ2v) is 3.29. The van der Waals surface area contributed by atoms with Crippen molar-refractivity contribution in [2.45, 2.75) is 31.2 Å². The fourth-order valence-corrected chi connectivity index (χ4v) is 0.807. The van der Waals surface area contributed by atoms with Crippen molar-refractivity contribution in [2.24, 2.45) is 10.8 Å². The Morgan fingerprint density at radius 3 is 2.47 bits per heavy atom. The Bertz CT molecular complexity index is 239. The molecule has 1 rings (SSSR count). The van der Waals surface area contributed by atoms with Crippen molar-refractivity contribution in [3.63, 3.8) is 0 Å². The Morgan fingerprint density at radius 2 is 2.07 bits per heavy atom. The summed E-state index contributed by atoms with van der Waals surface area (Å²) in [6.45, 7) is -1.29. The summed E-state index contributed by atoms with van der Waals surface area (Å²) < 4.78 is 48.4. The summed E-state index contributed by atoms with van der Waals surface area (Å²) in [6, 6.07) is 0.153. The van der Waals surface area contributed by atoms with E-state index in [2.05, 4.69) is 10.3 Å². The molecule has 0 unspecified atom stereocenters. The lowest BCUT2D eigenvalue weighted by atomic mass is 10.3. The van der Waals surface area contributed by atoms with E-state index < -0.39 is 18.9 Å². The molecule has 8 heteroatoms. The van der Waals surface area contributed by atoms with Gasteiger partial charge in [0.05, 0.1) is 0 Å². The molecule has 0 saturated heterocycles. The number of aliphatic imine (C=N–C) groups is 1. The molecule has 4 N–H and O–H groups in total. The summed E-state index contributed by atoms with van der Waals surface area (Å²) in [7, 11) is 0. The maximum absolute atomic E-state index is 12.4. The number of rotatable bonds is 4. The molecular formula is C7H12F4N4. The van der Waals surface area contributed by atoms with Gasteiger partial charge < -0.3 is 5.32 Å². The van der Waals surface area contributed by atoms with E-state index in [-0.39, 0.29) is 12.0 Å². The van der Waals surface area contributed by atoms with Gasteiger partial charge in [0.1, 0.15) is 6.54 Å². The second-order valence-electron chi connectivity index (χ2n) is 3.29. The predicted octanol–water partition coefficient (Wildman–Crippen LogP) is 0.458. The monoisotopic (exact) mass is 228 g/mol. The summed E-state index contributed by atoms with van der Waals surface area (Å²) in [5.74, 6) is 0.776. The van der Waals surface area contributed by atoms with Crippen LogP contribution >= 0.6 is 0 Å². The summed E-state index contributed by atoms with van der Waals surface area (Å²) in [5.41, 5.74) is 2.05. The maximum Gasteiger partial charge on any atom is 0.326 e. The third-order valence-corrected chi connectivity index (χ3v) is 1.82. The zero-order valence-corrected chi connectivity index (χ0v) is 7.81. The number of nitrogens with one attached hydrogen (secondary N) is 2. The molecule has 0 aromatic heterocycles. The molecule has 0 atom stereocenters. The first-order valence-electron chi connectivity index (χ1n) is 4.39. The number of hydrogen-bond acceptors (Lipinski definition) is 2. The molecule has 0 heterocycles. The molecule has 0 amide bonds. The molecule has 1 saturated carbocycles. The molecule has 88 valence electrons. The topological polar surface area (TPSA) is 62.4 Å². The largest absolute Gasteiger partial charge is 0.353 e. The minimum atomic E-state index is -4.12. The van der Waals surface area contributed by atoms with Gasteiger partial charge in [-0.3, -0.25) is 5.43 Å². The van der Waals surface area contributed by atoms with Crippen LogP contribution in [-0.4, -0.2) is 30.9 Å². The summed E-state index contributed by atoms with van der Waals surface area (Å²) in [6.07, 6.45) is -1.93. The highest BCUT2D eigenvalue weighted by Gasteiger charge is 2.40. The zero-order valence-electron chi connectivity index (χ0n) is 7.81. The molecule has 4 nitrogen and oxygen atoms in total. The van der Waals surface area contributed by atoms with Crippen molar-refractivity contribution >= 4 is 5.96 Å². The molecular weight excluding hydrogens is 216 g/mol. The third-order valence-electron chi connectivity index (χ3n) is 1.82. The number of halogens is 4. The smallest absolute Gasteiger partial charge is 0.326 e. The first-order valence-corrected chi connectivity index (χ1v) is 4.39. The number of alkyl halides is 4. The van der Waals surface area contributed by atoms with Gasteiger partial charge in [0.15, 0.2) is 0 Å². The van der Waals surface area contributed by atoms with Crippen molar-refractivity contribution in [3.8, 4) is 0 Å². The Morgan fingerprint density at radius 1 is 1.47 bits per heavy atom. The second kappa shape index (κ2) is 4.65. The summed E-state index contributed by atoms with van der Waals surface area (Å²) in [4.78, 5) is 3.25. The van der Waals surface area contributed by atoms with Gasteiger partial charge in [0, 0.05) is 6.04 Å². The molecule has 1 fully saturated rings. The first kappa shape index (κ1) is 12.0. The van der Waals surface area contributed by atoms with Crippen LogP contribution in [0.25, 0.3) is 0 Å². The van der Waals surface area contributed by atoms with Crippen molar-refractivity contribution in [3.05, 3.63) is 0 Å². The average Bonchev–Trinajstić information content (AvgIpc) is 2.95. The van der Waals surface area contributed by atoms with Crippen LogP contribution in [0.3, 0.4) is 0 Å². The van der Waals surface area contributed by atoms with Crippen LogP contribution in [-0.2, 0) is 0 Å². The summed E-state index contributed by atoms with van der Waals surface area (Å²) >= 11 is 0. The van der Waals surface area contributed by atoms with E-state index in [1.165, 1.54) is 0 Å². The first-order chi connectivity index (χ1) is 6.95. The molecule has 0 aromatic rings. The highest BCUT2D eigenvalue weighted by Crippen LogP contribution is 2.23. The highest BCUT2D eigenvalue weighted by atomic mass is 19.3. The Kier molecular flexibility index (Phi) is 3.72. The van der Waals surface area contributed by atoms with Gasteiger partial charge in [0.2, 0.25) is 5.96 Å². The SMILES string of the molecule is NNC(=NCC(F)(F)C(F)F)NC1CC1. The van der Waals surface area contributed by atoms with Gasteiger partial charge in [-0.05, 0) is 12.8 Å². The molecule has 1 aliphatic rings. The van der Waals surface area contributed by atoms with Crippen molar-refractivity contribution in [1.29, 1.82) is 0 Å². The highest BCUT2D eigenvalue weighted by molar-refractivity contribution is 5.79. The van der Waals surface area contributed by atoms with Gasteiger partial charge in [-0.1, -0.05) is 0 Å². The average molecular weight is 228 g/mol. The van der Waals surface area contributed by atoms with Crippen LogP contribution in [0.4, 0.5) is 17.6 Å². The summed E-state index contributed by atoms with van der Waals surface area (Å²) in [5, 5.41) is 2.69. The molecule has 0 aliphatic heterocycles. The van der Waals surface area contributed by atoms with Gasteiger partial charge in [-0.2, -0.15) is 8.78 Å². The van der Waals surface area contributed by atoms with Crippen LogP contribution in [0, 0.1) is 0 Å². The molecule has 0 aromatic carbocycles. The third kappa shape index (κ3) is 3.90. The van der Waals surface area contributed by atoms with Crippen molar-refractivity contribution in [2.75, 3.05) is 6.54 Å². The molecule has 0 bridgehead atoms. The standard InChI is InChI=1S/C7H12F4N4/c8-5(9)7(10,11)3-13-6(15-12)14-4-1-2-4/h4-5H,1-3,12H2,(H2,13,14,15). The van der Waals surface area contributed by atoms with Crippen LogP contribution < -0.4 is 16.6 Å². The maximum atomic E-state index is 12.4. The van der Waals surface area contributed by atoms with E-state index in [4.69, 9.17) is 5.84 Å². The quantitative estimate of drug-likeness (QED) is 0.215. The zero-order chi connectivity index (χ0) is 11.5. The minimum absolute atomic E-state index is 0.0853. The number of nitrogens with zero attached hydrogens (tertiary/aromatic N) is 1. The molecule has 15 heavy (non-hydrogen) atoms. The van der Waals surface area contributed by atoms with E-state index in [1.807, 2.05) is 5.43 Å². The lowest BCUT2D eigenvalue weighted by Gasteiger charge is -2.13. The Balaban J connectivity index is 2.44. The van der Waals surface area contributed by atoms with Gasteiger partial charge in [0.25, 0.3) is 0 Å². The lowest BCUT2D eigenvalue weighted by molar-refractivity contribution is -0.120. The number of nitrogens with two attached hydrogens (primary N) is 1. The number of guanidine groups is 1. The van der Waals surface area contributed by atoms with E-state index in [0.717, 1.165) is 12.8 Å². The van der Waals surface area contributed by atoms with Crippen molar-refractivity contribution < 1.29 is 17.6 Å². The number of hydrogen-bond donors (Lipinski definition) is 3. The minimum Gasteiger partial charge on any atom is -0.353 e. The van der Waals surface area contributed by atoms with E-state index in [0.29, 0.717) is 0 Å². The molecule has 0 radical (unpaired) electrons. The fraction of sp³-hybridized carbons (Fsp3) is 0.857. The molecule has 0 spiro atoms. The predicted molar refractivity (Wildman–Crippen MR) is 46.7 cm³/mol. The Labute approximate surface area is 83.9 Å². The lowest BCUT2D eigenvalue weighted by Crippen LogP contribution is -2.44. The number of hydrazine groups is 1. The normalized spacial score (nSPS) is 18.1. The fourth-order valence-electron chi connectivity index (χ4n) is 0.807. The van der Waals surface area contributed by atoms with Crippen LogP contribution in [0.1, 0.15) is 12.8 Å². The van der Waals surface area contributed by atoms with E-state index >= 15 is 0 Å². The van der Waals surface area contributed by atoms with Crippen molar-refractivity contribution in [1.82, 2.24) is 10.7 Å². The Hall–Kier alpha value is -1.05.